The predicted octanol–water partition coefficient (Wildman–Crippen LogP) is -0.467. The minimum absolute atomic E-state index is 0.0334. The molecule has 106 valence electrons. The van der Waals surface area contributed by atoms with Crippen LogP contribution in [-0.4, -0.2) is 42.1 Å². The van der Waals surface area contributed by atoms with E-state index in [2.05, 4.69) is 10.7 Å². The Morgan fingerprint density at radius 2 is 2.05 bits per heavy atom. The van der Waals surface area contributed by atoms with E-state index in [1.807, 2.05) is 0 Å². The number of hydrazine groups is 1. The number of likely N-dealkylation sites (N-methyl/N-ethyl adjacent to an activating group) is 1. The first-order chi connectivity index (χ1) is 9.52. The second-order valence-corrected chi connectivity index (χ2v) is 4.97. The van der Waals surface area contributed by atoms with Crippen LogP contribution in [0.4, 0.5) is 0 Å². The highest BCUT2D eigenvalue weighted by Gasteiger charge is 2.53. The van der Waals surface area contributed by atoms with Crippen molar-refractivity contribution in [2.75, 3.05) is 14.2 Å². The lowest BCUT2D eigenvalue weighted by molar-refractivity contribution is -0.127. The average molecular weight is 277 g/mol. The van der Waals surface area contributed by atoms with Gasteiger partial charge in [-0.3, -0.25) is 14.9 Å². The summed E-state index contributed by atoms with van der Waals surface area (Å²) in [5, 5.41) is 13.6. The maximum atomic E-state index is 11.9. The molecule has 0 radical (unpaired) electrons. The van der Waals surface area contributed by atoms with Gasteiger partial charge in [-0.25, -0.2) is 10.4 Å². The number of imide groups is 1. The van der Waals surface area contributed by atoms with Gasteiger partial charge in [-0.1, -0.05) is 6.07 Å². The third-order valence-corrected chi connectivity index (χ3v) is 3.84. The summed E-state index contributed by atoms with van der Waals surface area (Å²) in [4.78, 5) is 23.7. The lowest BCUT2D eigenvalue weighted by Gasteiger charge is -2.18. The summed E-state index contributed by atoms with van der Waals surface area (Å²) in [6.45, 7) is 0. The van der Waals surface area contributed by atoms with Gasteiger partial charge in [0.2, 0.25) is 11.8 Å². The fourth-order valence-electron chi connectivity index (χ4n) is 2.89. The minimum Gasteiger partial charge on any atom is -0.504 e. The maximum Gasteiger partial charge on any atom is 0.246 e. The molecule has 20 heavy (non-hydrogen) atoms. The van der Waals surface area contributed by atoms with E-state index in [0.29, 0.717) is 5.75 Å². The van der Waals surface area contributed by atoms with Gasteiger partial charge in [-0.2, -0.15) is 0 Å². The van der Waals surface area contributed by atoms with Crippen LogP contribution in [-0.2, 0) is 9.59 Å². The number of carbonyl (C=O) groups is 2. The van der Waals surface area contributed by atoms with Gasteiger partial charge in [0.15, 0.2) is 11.5 Å². The van der Waals surface area contributed by atoms with Crippen molar-refractivity contribution in [2.45, 2.75) is 12.1 Å². The molecule has 2 amide bonds. The first-order valence-electron chi connectivity index (χ1n) is 6.23. The Morgan fingerprint density at radius 1 is 1.30 bits per heavy atom. The average Bonchev–Trinajstić information content (AvgIpc) is 2.90. The molecule has 3 atom stereocenters. The van der Waals surface area contributed by atoms with Crippen LogP contribution in [0.15, 0.2) is 18.2 Å². The number of aromatic hydroxyl groups is 1. The Morgan fingerprint density at radius 3 is 2.75 bits per heavy atom. The van der Waals surface area contributed by atoms with Crippen LogP contribution in [0.2, 0.25) is 0 Å². The van der Waals surface area contributed by atoms with Crippen molar-refractivity contribution in [1.82, 2.24) is 15.8 Å². The first kappa shape index (κ1) is 12.9. The number of carbonyl (C=O) groups excluding carboxylic acids is 2. The van der Waals surface area contributed by atoms with Crippen molar-refractivity contribution >= 4 is 11.8 Å². The fraction of sp³-hybridized carbons (Fsp3) is 0.385. The quantitative estimate of drug-likeness (QED) is 0.633. The van der Waals surface area contributed by atoms with Crippen molar-refractivity contribution in [3.63, 3.8) is 0 Å². The Kier molecular flexibility index (Phi) is 2.88. The predicted molar refractivity (Wildman–Crippen MR) is 68.7 cm³/mol. The standard InChI is InChI=1S/C13H15N3O4/c1-16-11-9(12(18)14-13(11)19)10(15-16)6-3-4-7(17)8(5-6)20-2/h3-5,9-11,15,17H,1-2H3,(H,14,18,19)/t9-,10-,11+/m0/s1. The number of benzene rings is 1. The monoisotopic (exact) mass is 277 g/mol. The van der Waals surface area contributed by atoms with Gasteiger partial charge in [0.05, 0.1) is 19.1 Å². The number of ether oxygens (including phenoxy) is 1. The molecule has 3 rings (SSSR count). The van der Waals surface area contributed by atoms with Crippen molar-refractivity contribution in [3.8, 4) is 11.5 Å². The Hall–Kier alpha value is -2.12. The second kappa shape index (κ2) is 4.46. The molecule has 0 aliphatic carbocycles. The normalized spacial score (nSPS) is 29.4. The molecule has 2 aliphatic rings. The third-order valence-electron chi connectivity index (χ3n) is 3.84. The molecule has 0 aromatic heterocycles. The SMILES string of the molecule is COc1cc([C@@H]2NN(C)[C@H]3C(=O)NC(=O)[C@@H]23)ccc1O. The number of fused-ring (bicyclic) bond motifs is 1. The molecular formula is C13H15N3O4. The van der Waals surface area contributed by atoms with E-state index in [0.717, 1.165) is 5.56 Å². The molecule has 2 aliphatic heterocycles. The smallest absolute Gasteiger partial charge is 0.246 e. The Bertz CT molecular complexity index is 589. The Labute approximate surface area is 115 Å². The number of rotatable bonds is 2. The largest absolute Gasteiger partial charge is 0.504 e. The lowest BCUT2D eigenvalue weighted by atomic mass is 9.91. The molecule has 2 heterocycles. The second-order valence-electron chi connectivity index (χ2n) is 4.97. The van der Waals surface area contributed by atoms with Gasteiger partial charge in [-0.05, 0) is 17.7 Å². The van der Waals surface area contributed by atoms with E-state index in [-0.39, 0.29) is 23.6 Å². The van der Waals surface area contributed by atoms with E-state index >= 15 is 0 Å². The number of amides is 2. The zero-order valence-corrected chi connectivity index (χ0v) is 11.1. The van der Waals surface area contributed by atoms with Crippen LogP contribution in [0.5, 0.6) is 11.5 Å². The van der Waals surface area contributed by atoms with Gasteiger partial charge >= 0.3 is 0 Å². The van der Waals surface area contributed by atoms with E-state index in [1.54, 1.807) is 24.2 Å². The first-order valence-corrected chi connectivity index (χ1v) is 6.23. The number of nitrogens with one attached hydrogen (secondary N) is 2. The van der Waals surface area contributed by atoms with E-state index in [9.17, 15) is 14.7 Å². The van der Waals surface area contributed by atoms with Crippen molar-refractivity contribution in [1.29, 1.82) is 0 Å². The molecule has 0 spiro atoms. The summed E-state index contributed by atoms with van der Waals surface area (Å²) in [7, 11) is 3.19. The molecule has 3 N–H and O–H groups in total. The van der Waals surface area contributed by atoms with E-state index in [4.69, 9.17) is 4.74 Å². The maximum absolute atomic E-state index is 11.9. The Balaban J connectivity index is 1.99. The highest BCUT2D eigenvalue weighted by molar-refractivity contribution is 6.07. The molecule has 1 aromatic rings. The van der Waals surface area contributed by atoms with Gasteiger partial charge in [0.1, 0.15) is 6.04 Å². The van der Waals surface area contributed by atoms with Crippen molar-refractivity contribution in [2.24, 2.45) is 5.92 Å². The van der Waals surface area contributed by atoms with Gasteiger partial charge < -0.3 is 9.84 Å². The third kappa shape index (κ3) is 1.75. The number of phenols is 1. The summed E-state index contributed by atoms with van der Waals surface area (Å²) < 4.78 is 5.07. The van der Waals surface area contributed by atoms with Crippen molar-refractivity contribution in [3.05, 3.63) is 23.8 Å². The molecule has 7 heteroatoms. The number of phenolic OH excluding ortho intramolecular Hbond substituents is 1. The molecule has 0 bridgehead atoms. The van der Waals surface area contributed by atoms with Gasteiger partial charge in [-0.15, -0.1) is 0 Å². The molecule has 2 fully saturated rings. The lowest BCUT2D eigenvalue weighted by Crippen LogP contribution is -2.41. The molecule has 1 aromatic carbocycles. The number of nitrogens with zero attached hydrogens (tertiary/aromatic N) is 1. The number of hydrogen-bond acceptors (Lipinski definition) is 6. The summed E-state index contributed by atoms with van der Waals surface area (Å²) in [6, 6.07) is 4.05. The van der Waals surface area contributed by atoms with Crippen LogP contribution in [0.1, 0.15) is 11.6 Å². The van der Waals surface area contributed by atoms with E-state index < -0.39 is 12.0 Å². The van der Waals surface area contributed by atoms with Crippen molar-refractivity contribution < 1.29 is 19.4 Å². The van der Waals surface area contributed by atoms with Crippen LogP contribution in [0.25, 0.3) is 0 Å². The van der Waals surface area contributed by atoms with Gasteiger partial charge in [0.25, 0.3) is 0 Å². The molecule has 0 saturated carbocycles. The molecule has 7 nitrogen and oxygen atoms in total. The molecule has 2 saturated heterocycles. The molecule has 0 unspecified atom stereocenters. The zero-order chi connectivity index (χ0) is 14.4. The van der Waals surface area contributed by atoms with Crippen LogP contribution in [0, 0.1) is 5.92 Å². The van der Waals surface area contributed by atoms with Crippen LogP contribution in [0.3, 0.4) is 0 Å². The minimum atomic E-state index is -0.507. The fourth-order valence-corrected chi connectivity index (χ4v) is 2.89. The number of hydrogen-bond donors (Lipinski definition) is 3. The summed E-state index contributed by atoms with van der Waals surface area (Å²) in [5.74, 6) is -0.690. The summed E-state index contributed by atoms with van der Waals surface area (Å²) in [5.41, 5.74) is 3.90. The van der Waals surface area contributed by atoms with Gasteiger partial charge in [0, 0.05) is 7.05 Å². The molecular weight excluding hydrogens is 262 g/mol. The van der Waals surface area contributed by atoms with E-state index in [1.165, 1.54) is 13.2 Å². The highest BCUT2D eigenvalue weighted by atomic mass is 16.5. The zero-order valence-electron chi connectivity index (χ0n) is 11.1. The van der Waals surface area contributed by atoms with Crippen LogP contribution >= 0.6 is 0 Å². The summed E-state index contributed by atoms with van der Waals surface area (Å²) in [6.07, 6.45) is 0. The highest BCUT2D eigenvalue weighted by Crippen LogP contribution is 2.38. The topological polar surface area (TPSA) is 90.9 Å². The summed E-state index contributed by atoms with van der Waals surface area (Å²) >= 11 is 0. The van der Waals surface area contributed by atoms with Crippen LogP contribution < -0.4 is 15.5 Å². The number of methoxy groups -OCH3 is 1.